The number of likely N-dealkylation sites (tertiary alicyclic amines) is 1. The van der Waals surface area contributed by atoms with E-state index in [1.54, 1.807) is 0 Å². The summed E-state index contributed by atoms with van der Waals surface area (Å²) < 4.78 is 11.0. The van der Waals surface area contributed by atoms with Gasteiger partial charge >= 0.3 is 6.09 Å². The molecule has 0 aromatic carbocycles. The van der Waals surface area contributed by atoms with Crippen molar-refractivity contribution in [3.63, 3.8) is 0 Å². The molecule has 19 heavy (non-hydrogen) atoms. The first-order chi connectivity index (χ1) is 8.86. The average molecular weight is 270 g/mol. The summed E-state index contributed by atoms with van der Waals surface area (Å²) in [5.74, 6) is 0.355. The van der Waals surface area contributed by atoms with Crippen LogP contribution in [0.3, 0.4) is 0 Å². The van der Waals surface area contributed by atoms with Gasteiger partial charge in [0.25, 0.3) is 0 Å². The summed E-state index contributed by atoms with van der Waals surface area (Å²) in [7, 11) is 0. The average Bonchev–Trinajstić information content (AvgIpc) is 2.73. The molecule has 0 unspecified atom stereocenters. The first-order valence-electron chi connectivity index (χ1n) is 7.12. The Hall–Kier alpha value is -0.810. The molecule has 0 aromatic heterocycles. The van der Waals surface area contributed by atoms with Crippen molar-refractivity contribution in [2.24, 2.45) is 17.1 Å². The molecule has 2 aliphatic rings. The summed E-state index contributed by atoms with van der Waals surface area (Å²) in [5, 5.41) is 0. The molecule has 2 aliphatic heterocycles. The molecule has 0 bridgehead atoms. The summed E-state index contributed by atoms with van der Waals surface area (Å²) in [6.45, 7) is 9.34. The zero-order chi connectivity index (χ0) is 14.1. The topological polar surface area (TPSA) is 64.8 Å². The number of amides is 1. The number of nitrogens with zero attached hydrogens (tertiary/aromatic N) is 1. The Morgan fingerprint density at radius 1 is 1.47 bits per heavy atom. The van der Waals surface area contributed by atoms with Crippen LogP contribution in [0, 0.1) is 11.3 Å². The van der Waals surface area contributed by atoms with E-state index in [0.717, 1.165) is 39.1 Å². The van der Waals surface area contributed by atoms with E-state index in [2.05, 4.69) is 0 Å². The van der Waals surface area contributed by atoms with E-state index < -0.39 is 5.60 Å². The van der Waals surface area contributed by atoms with Crippen LogP contribution >= 0.6 is 0 Å². The maximum atomic E-state index is 12.1. The molecule has 0 saturated carbocycles. The van der Waals surface area contributed by atoms with Gasteiger partial charge < -0.3 is 20.1 Å². The maximum absolute atomic E-state index is 12.1. The molecule has 2 N–H and O–H groups in total. The number of carbonyl (C=O) groups excluding carboxylic acids is 1. The minimum absolute atomic E-state index is 0.143. The standard InChI is InChI=1S/C14H26N2O3/c1-13(2,3)19-12(17)16-6-4-14(10-16)5-7-18-9-11(14)8-15/h11H,4-10,15H2,1-3H3/t11-,14+/m1/s1. The smallest absolute Gasteiger partial charge is 0.410 e. The lowest BCUT2D eigenvalue weighted by Crippen LogP contribution is -2.46. The van der Waals surface area contributed by atoms with Gasteiger partial charge in [-0.05, 0) is 45.6 Å². The Morgan fingerprint density at radius 2 is 2.21 bits per heavy atom. The van der Waals surface area contributed by atoms with Gasteiger partial charge in [0.1, 0.15) is 5.60 Å². The molecule has 2 atom stereocenters. The van der Waals surface area contributed by atoms with Crippen LogP contribution in [0.25, 0.3) is 0 Å². The Bertz CT molecular complexity index is 340. The van der Waals surface area contributed by atoms with Gasteiger partial charge in [-0.25, -0.2) is 4.79 Å². The van der Waals surface area contributed by atoms with Gasteiger partial charge in [0.15, 0.2) is 0 Å². The predicted octanol–water partition coefficient (Wildman–Crippen LogP) is 1.61. The number of carbonyl (C=O) groups is 1. The summed E-state index contributed by atoms with van der Waals surface area (Å²) in [6.07, 6.45) is 1.80. The molecule has 5 heteroatoms. The third kappa shape index (κ3) is 3.20. The van der Waals surface area contributed by atoms with E-state index in [9.17, 15) is 4.79 Å². The van der Waals surface area contributed by atoms with E-state index in [-0.39, 0.29) is 11.5 Å². The molecular formula is C14H26N2O3. The highest BCUT2D eigenvalue weighted by molar-refractivity contribution is 5.68. The van der Waals surface area contributed by atoms with E-state index in [1.165, 1.54) is 0 Å². The lowest BCUT2D eigenvalue weighted by molar-refractivity contribution is -0.0346. The number of nitrogens with two attached hydrogens (primary N) is 1. The van der Waals surface area contributed by atoms with Crippen LogP contribution in [-0.4, -0.2) is 49.4 Å². The summed E-state index contributed by atoms with van der Waals surface area (Å²) in [5.41, 5.74) is 5.57. The van der Waals surface area contributed by atoms with Crippen LogP contribution in [0.2, 0.25) is 0 Å². The van der Waals surface area contributed by atoms with Crippen LogP contribution in [0.1, 0.15) is 33.6 Å². The van der Waals surface area contributed by atoms with Crippen molar-refractivity contribution >= 4 is 6.09 Å². The van der Waals surface area contributed by atoms with Gasteiger partial charge in [0.05, 0.1) is 6.61 Å². The maximum Gasteiger partial charge on any atom is 0.410 e. The van der Waals surface area contributed by atoms with Crippen LogP contribution in [-0.2, 0) is 9.47 Å². The second kappa shape index (κ2) is 5.29. The number of hydrogen-bond acceptors (Lipinski definition) is 4. The Balaban J connectivity index is 2.00. The van der Waals surface area contributed by atoms with E-state index in [0.29, 0.717) is 12.5 Å². The number of rotatable bonds is 1. The molecule has 2 rings (SSSR count). The van der Waals surface area contributed by atoms with Gasteiger partial charge in [0.2, 0.25) is 0 Å². The van der Waals surface area contributed by atoms with Crippen molar-refractivity contribution in [1.29, 1.82) is 0 Å². The highest BCUT2D eigenvalue weighted by Gasteiger charge is 2.47. The molecular weight excluding hydrogens is 244 g/mol. The highest BCUT2D eigenvalue weighted by Crippen LogP contribution is 2.43. The van der Waals surface area contributed by atoms with Crippen LogP contribution in [0.5, 0.6) is 0 Å². The molecule has 0 aliphatic carbocycles. The molecule has 2 saturated heterocycles. The Morgan fingerprint density at radius 3 is 2.84 bits per heavy atom. The minimum atomic E-state index is -0.435. The minimum Gasteiger partial charge on any atom is -0.444 e. The second-order valence-electron chi connectivity index (χ2n) is 6.77. The molecule has 2 heterocycles. The SMILES string of the molecule is CC(C)(C)OC(=O)N1CC[C@]2(CCOC[C@H]2CN)C1. The fourth-order valence-electron chi connectivity index (χ4n) is 3.12. The quantitative estimate of drug-likeness (QED) is 0.786. The van der Waals surface area contributed by atoms with Gasteiger partial charge in [-0.3, -0.25) is 0 Å². The monoisotopic (exact) mass is 270 g/mol. The predicted molar refractivity (Wildman–Crippen MR) is 72.8 cm³/mol. The molecule has 0 aromatic rings. The highest BCUT2D eigenvalue weighted by atomic mass is 16.6. The number of hydrogen-bond donors (Lipinski definition) is 1. The first kappa shape index (κ1) is 14.6. The lowest BCUT2D eigenvalue weighted by atomic mass is 9.71. The normalized spacial score (nSPS) is 31.8. The van der Waals surface area contributed by atoms with Gasteiger partial charge in [-0.1, -0.05) is 0 Å². The van der Waals surface area contributed by atoms with Crippen LogP contribution < -0.4 is 5.73 Å². The molecule has 110 valence electrons. The zero-order valence-electron chi connectivity index (χ0n) is 12.3. The van der Waals surface area contributed by atoms with Crippen molar-refractivity contribution in [2.45, 2.75) is 39.2 Å². The van der Waals surface area contributed by atoms with Crippen molar-refractivity contribution in [3.8, 4) is 0 Å². The summed E-state index contributed by atoms with van der Waals surface area (Å²) in [4.78, 5) is 14.0. The second-order valence-corrected chi connectivity index (χ2v) is 6.77. The first-order valence-corrected chi connectivity index (χ1v) is 7.12. The number of ether oxygens (including phenoxy) is 2. The van der Waals surface area contributed by atoms with Crippen LogP contribution in [0.4, 0.5) is 4.79 Å². The lowest BCUT2D eigenvalue weighted by Gasteiger charge is -2.40. The van der Waals surface area contributed by atoms with Crippen LogP contribution in [0.15, 0.2) is 0 Å². The van der Waals surface area contributed by atoms with Gasteiger partial charge in [-0.15, -0.1) is 0 Å². The van der Waals surface area contributed by atoms with E-state index in [1.807, 2.05) is 25.7 Å². The Kier molecular flexibility index (Phi) is 4.06. The largest absolute Gasteiger partial charge is 0.444 e. The van der Waals surface area contributed by atoms with E-state index in [4.69, 9.17) is 15.2 Å². The fraction of sp³-hybridized carbons (Fsp3) is 0.929. The molecule has 0 radical (unpaired) electrons. The fourth-order valence-corrected chi connectivity index (χ4v) is 3.12. The third-order valence-electron chi connectivity index (χ3n) is 4.25. The molecule has 1 spiro atoms. The molecule has 5 nitrogen and oxygen atoms in total. The molecule has 2 fully saturated rings. The molecule has 1 amide bonds. The third-order valence-corrected chi connectivity index (χ3v) is 4.25. The zero-order valence-corrected chi connectivity index (χ0v) is 12.3. The van der Waals surface area contributed by atoms with Gasteiger partial charge in [-0.2, -0.15) is 0 Å². The van der Waals surface area contributed by atoms with Crippen molar-refractivity contribution in [3.05, 3.63) is 0 Å². The summed E-state index contributed by atoms with van der Waals surface area (Å²) >= 11 is 0. The van der Waals surface area contributed by atoms with E-state index >= 15 is 0 Å². The van der Waals surface area contributed by atoms with Crippen molar-refractivity contribution in [2.75, 3.05) is 32.8 Å². The summed E-state index contributed by atoms with van der Waals surface area (Å²) in [6, 6.07) is 0. The van der Waals surface area contributed by atoms with Crippen molar-refractivity contribution < 1.29 is 14.3 Å². The van der Waals surface area contributed by atoms with Gasteiger partial charge in [0, 0.05) is 25.6 Å². The van der Waals surface area contributed by atoms with Crippen molar-refractivity contribution in [1.82, 2.24) is 4.90 Å². The Labute approximate surface area is 115 Å².